The van der Waals surface area contributed by atoms with Gasteiger partial charge in [-0.05, 0) is 21.1 Å². The van der Waals surface area contributed by atoms with Crippen LogP contribution in [0.1, 0.15) is 27.7 Å². The predicted octanol–water partition coefficient (Wildman–Crippen LogP) is 1.12. The molecule has 0 fully saturated rings. The molecule has 0 saturated heterocycles. The first-order valence-corrected chi connectivity index (χ1v) is 9.37. The lowest BCUT2D eigenvalue weighted by molar-refractivity contribution is -0.133. The minimum atomic E-state index is 0.0565. The lowest BCUT2D eigenvalue weighted by atomic mass is 10.1. The third-order valence-electron chi connectivity index (χ3n) is 4.48. The van der Waals surface area contributed by atoms with E-state index in [0.717, 1.165) is 39.3 Å². The highest BCUT2D eigenvalue weighted by Crippen LogP contribution is 1.99. The van der Waals surface area contributed by atoms with Gasteiger partial charge in [-0.1, -0.05) is 27.7 Å². The van der Waals surface area contributed by atoms with Gasteiger partial charge >= 0.3 is 0 Å². The van der Waals surface area contributed by atoms with Crippen molar-refractivity contribution in [3.05, 3.63) is 0 Å². The molecule has 0 spiro atoms. The highest BCUT2D eigenvalue weighted by Gasteiger charge is 2.14. The Morgan fingerprint density at radius 2 is 1.04 bits per heavy atom. The van der Waals surface area contributed by atoms with Gasteiger partial charge in [0.05, 0.1) is 6.54 Å². The van der Waals surface area contributed by atoms with E-state index in [4.69, 9.17) is 0 Å². The van der Waals surface area contributed by atoms with E-state index in [1.54, 1.807) is 0 Å². The first-order valence-electron chi connectivity index (χ1n) is 9.37. The summed E-state index contributed by atoms with van der Waals surface area (Å²) in [5, 5.41) is 0. The van der Waals surface area contributed by atoms with Gasteiger partial charge in [-0.2, -0.15) is 0 Å². The smallest absolute Gasteiger partial charge is 0.224 e. The fourth-order valence-electron chi connectivity index (χ4n) is 2.31. The van der Waals surface area contributed by atoms with Gasteiger partial charge in [0.25, 0.3) is 0 Å². The normalized spacial score (nSPS) is 12.0. The summed E-state index contributed by atoms with van der Waals surface area (Å²) in [4.78, 5) is 32.0. The van der Waals surface area contributed by atoms with E-state index in [1.165, 1.54) is 0 Å². The predicted molar refractivity (Wildman–Crippen MR) is 105 cm³/mol. The van der Waals surface area contributed by atoms with Gasteiger partial charge < -0.3 is 14.7 Å². The maximum atomic E-state index is 11.9. The van der Waals surface area contributed by atoms with E-state index >= 15 is 0 Å². The quantitative estimate of drug-likeness (QED) is 0.495. The molecule has 148 valence electrons. The first-order chi connectivity index (χ1) is 11.5. The molecule has 0 radical (unpaired) electrons. The van der Waals surface area contributed by atoms with Crippen LogP contribution in [0.2, 0.25) is 0 Å². The van der Waals surface area contributed by atoms with Crippen LogP contribution in [0.3, 0.4) is 0 Å². The van der Waals surface area contributed by atoms with Gasteiger partial charge in [0.15, 0.2) is 0 Å². The highest BCUT2D eigenvalue weighted by molar-refractivity contribution is 5.82. The van der Waals surface area contributed by atoms with Crippen LogP contribution in [0.5, 0.6) is 0 Å². The monoisotopic (exact) mass is 356 g/mol. The minimum Gasteiger partial charge on any atom is -0.344 e. The Morgan fingerprint density at radius 3 is 1.44 bits per heavy atom. The van der Waals surface area contributed by atoms with Crippen LogP contribution in [0.25, 0.3) is 0 Å². The number of hydrogen-bond donors (Lipinski definition) is 0. The molecule has 0 heterocycles. The van der Waals surface area contributed by atoms with Gasteiger partial charge in [-0.15, -0.1) is 0 Å². The third-order valence-corrected chi connectivity index (χ3v) is 4.48. The Hall–Kier alpha value is -0.980. The number of nitrogens with zero attached hydrogens (tertiary/aromatic N) is 4. The molecular formula is C19H40N4O2. The van der Waals surface area contributed by atoms with Crippen LogP contribution in [0.4, 0.5) is 0 Å². The summed E-state index contributed by atoms with van der Waals surface area (Å²) in [6.07, 6.45) is 0. The Balaban J connectivity index is 3.92. The van der Waals surface area contributed by atoms with E-state index in [-0.39, 0.29) is 17.7 Å². The molecule has 0 saturated carbocycles. The van der Waals surface area contributed by atoms with Crippen molar-refractivity contribution in [3.8, 4) is 0 Å². The van der Waals surface area contributed by atoms with Gasteiger partial charge in [0, 0.05) is 58.2 Å². The molecule has 25 heavy (non-hydrogen) atoms. The van der Waals surface area contributed by atoms with E-state index in [1.807, 2.05) is 46.7 Å². The fourth-order valence-corrected chi connectivity index (χ4v) is 2.31. The van der Waals surface area contributed by atoms with E-state index in [2.05, 4.69) is 28.8 Å². The summed E-state index contributed by atoms with van der Waals surface area (Å²) >= 11 is 0. The van der Waals surface area contributed by atoms with Crippen LogP contribution in [0.15, 0.2) is 0 Å². The number of carbonyl (C=O) groups is 2. The van der Waals surface area contributed by atoms with Crippen LogP contribution in [-0.4, -0.2) is 105 Å². The number of carbonyl (C=O) groups excluding carboxylic acids is 2. The van der Waals surface area contributed by atoms with Crippen molar-refractivity contribution in [1.82, 2.24) is 19.6 Å². The second kappa shape index (κ2) is 12.4. The van der Waals surface area contributed by atoms with E-state index < -0.39 is 0 Å². The van der Waals surface area contributed by atoms with Crippen LogP contribution in [0, 0.1) is 11.8 Å². The second-order valence-corrected chi connectivity index (χ2v) is 7.88. The number of amides is 1. The van der Waals surface area contributed by atoms with Crippen molar-refractivity contribution in [1.29, 1.82) is 0 Å². The Morgan fingerprint density at radius 1 is 0.640 bits per heavy atom. The number of hydrogen-bond acceptors (Lipinski definition) is 5. The SMILES string of the molecule is CC(C)C(=O)CN(C)CCN(C)CCN(C)CCN(C)C(=O)C(C)C. The Labute approximate surface area is 155 Å². The molecule has 6 heteroatoms. The zero-order valence-electron chi connectivity index (χ0n) is 17.7. The average molecular weight is 357 g/mol. The van der Waals surface area contributed by atoms with Gasteiger partial charge in [-0.25, -0.2) is 0 Å². The maximum Gasteiger partial charge on any atom is 0.224 e. The average Bonchev–Trinajstić information content (AvgIpc) is 2.54. The molecule has 0 aliphatic carbocycles. The van der Waals surface area contributed by atoms with Crippen molar-refractivity contribution in [2.24, 2.45) is 11.8 Å². The van der Waals surface area contributed by atoms with Crippen molar-refractivity contribution < 1.29 is 9.59 Å². The summed E-state index contributed by atoms with van der Waals surface area (Å²) in [6.45, 7) is 13.7. The number of likely N-dealkylation sites (N-methyl/N-ethyl adjacent to an activating group) is 4. The first kappa shape index (κ1) is 24.0. The zero-order chi connectivity index (χ0) is 19.6. The molecule has 0 unspecified atom stereocenters. The maximum absolute atomic E-state index is 11.9. The number of Topliss-reactive ketones (excluding diaryl/α,β-unsaturated/α-hetero) is 1. The number of rotatable bonds is 13. The molecule has 0 aromatic heterocycles. The molecule has 0 aliphatic heterocycles. The molecule has 0 aromatic carbocycles. The minimum absolute atomic E-state index is 0.0565. The molecule has 0 rings (SSSR count). The molecule has 0 bridgehead atoms. The standard InChI is InChI=1S/C19H40N4O2/c1-16(2)18(24)15-22(7)12-11-20(5)9-10-21(6)13-14-23(8)19(25)17(3)4/h16-17H,9-15H2,1-8H3. The van der Waals surface area contributed by atoms with Crippen LogP contribution >= 0.6 is 0 Å². The van der Waals surface area contributed by atoms with Gasteiger partial charge in [-0.3, -0.25) is 14.5 Å². The largest absolute Gasteiger partial charge is 0.344 e. The summed E-state index contributed by atoms with van der Waals surface area (Å²) in [5.41, 5.74) is 0. The summed E-state index contributed by atoms with van der Waals surface area (Å²) in [7, 11) is 8.08. The lowest BCUT2D eigenvalue weighted by Gasteiger charge is -2.26. The van der Waals surface area contributed by atoms with Crippen LogP contribution in [-0.2, 0) is 9.59 Å². The zero-order valence-corrected chi connectivity index (χ0v) is 17.7. The van der Waals surface area contributed by atoms with Gasteiger partial charge in [0.2, 0.25) is 5.91 Å². The molecule has 1 amide bonds. The molecule has 0 atom stereocenters. The summed E-state index contributed by atoms with van der Waals surface area (Å²) in [5.74, 6) is 0.657. The van der Waals surface area contributed by atoms with Gasteiger partial charge in [0.1, 0.15) is 5.78 Å². The van der Waals surface area contributed by atoms with Crippen molar-refractivity contribution in [3.63, 3.8) is 0 Å². The van der Waals surface area contributed by atoms with E-state index in [9.17, 15) is 9.59 Å². The topological polar surface area (TPSA) is 47.1 Å². The molecule has 0 aliphatic rings. The fraction of sp³-hybridized carbons (Fsp3) is 0.895. The summed E-state index contributed by atoms with van der Waals surface area (Å²) < 4.78 is 0. The second-order valence-electron chi connectivity index (χ2n) is 7.88. The molecule has 6 nitrogen and oxygen atoms in total. The number of ketones is 1. The van der Waals surface area contributed by atoms with Crippen molar-refractivity contribution >= 4 is 11.7 Å². The lowest BCUT2D eigenvalue weighted by Crippen LogP contribution is -2.40. The third kappa shape index (κ3) is 11.3. The molecule has 0 N–H and O–H groups in total. The highest BCUT2D eigenvalue weighted by atomic mass is 16.2. The van der Waals surface area contributed by atoms with Crippen molar-refractivity contribution in [2.75, 3.05) is 74.0 Å². The van der Waals surface area contributed by atoms with E-state index in [0.29, 0.717) is 12.3 Å². The Kier molecular flexibility index (Phi) is 11.9. The van der Waals surface area contributed by atoms with Crippen molar-refractivity contribution in [2.45, 2.75) is 27.7 Å². The van der Waals surface area contributed by atoms with Crippen LogP contribution < -0.4 is 0 Å². The molecule has 0 aromatic rings. The Bertz CT molecular complexity index is 399. The molecular weight excluding hydrogens is 316 g/mol. The summed E-state index contributed by atoms with van der Waals surface area (Å²) in [6, 6.07) is 0.